The molecule has 5 heteroatoms. The van der Waals surface area contributed by atoms with Gasteiger partial charge in [-0.05, 0) is 18.6 Å². The van der Waals surface area contributed by atoms with Crippen LogP contribution in [-0.4, -0.2) is 23.0 Å². The van der Waals surface area contributed by atoms with Crippen molar-refractivity contribution < 1.29 is 19.1 Å². The number of fused-ring (bicyclic) bond motifs is 1. The van der Waals surface area contributed by atoms with Crippen LogP contribution in [0.1, 0.15) is 36.7 Å². The van der Waals surface area contributed by atoms with E-state index < -0.39 is 17.9 Å². The van der Waals surface area contributed by atoms with Crippen LogP contribution in [0.4, 0.5) is 0 Å². The molecule has 0 aliphatic heterocycles. The van der Waals surface area contributed by atoms with E-state index in [2.05, 4.69) is 5.32 Å². The summed E-state index contributed by atoms with van der Waals surface area (Å²) in [6, 6.07) is 7.99. The lowest BCUT2D eigenvalue weighted by molar-refractivity contribution is -0.139. The first kappa shape index (κ1) is 14.1. The molecule has 1 aromatic carbocycles. The molecule has 20 heavy (non-hydrogen) atoms. The van der Waals surface area contributed by atoms with Gasteiger partial charge in [-0.25, -0.2) is 4.79 Å². The molecule has 2 aromatic rings. The second-order valence-corrected chi connectivity index (χ2v) is 4.65. The Morgan fingerprint density at radius 2 is 2.10 bits per heavy atom. The Morgan fingerprint density at radius 1 is 1.35 bits per heavy atom. The summed E-state index contributed by atoms with van der Waals surface area (Å²) in [4.78, 5) is 23.1. The first-order valence-corrected chi connectivity index (χ1v) is 6.64. The first-order chi connectivity index (χ1) is 9.61. The lowest BCUT2D eigenvalue weighted by atomic mass is 10.1. The van der Waals surface area contributed by atoms with E-state index in [1.54, 1.807) is 12.1 Å². The number of aliphatic carboxylic acids is 1. The molecule has 106 valence electrons. The highest BCUT2D eigenvalue weighted by molar-refractivity contribution is 5.97. The van der Waals surface area contributed by atoms with Crippen LogP contribution < -0.4 is 5.32 Å². The van der Waals surface area contributed by atoms with Gasteiger partial charge in [0.05, 0.1) is 0 Å². The van der Waals surface area contributed by atoms with E-state index in [0.717, 1.165) is 18.2 Å². The van der Waals surface area contributed by atoms with E-state index >= 15 is 0 Å². The molecular weight excluding hydrogens is 258 g/mol. The molecule has 1 aromatic heterocycles. The molecule has 1 heterocycles. The third-order valence-corrected chi connectivity index (χ3v) is 3.10. The molecule has 0 radical (unpaired) electrons. The molecule has 0 saturated heterocycles. The van der Waals surface area contributed by atoms with Crippen molar-refractivity contribution in [3.8, 4) is 0 Å². The minimum atomic E-state index is -1.03. The quantitative estimate of drug-likeness (QED) is 0.849. The Kier molecular flexibility index (Phi) is 4.40. The number of carboxylic acid groups (broad SMARTS) is 1. The topological polar surface area (TPSA) is 79.5 Å². The fourth-order valence-electron chi connectivity index (χ4n) is 1.99. The van der Waals surface area contributed by atoms with Gasteiger partial charge in [-0.2, -0.15) is 0 Å². The van der Waals surface area contributed by atoms with Crippen molar-refractivity contribution in [1.82, 2.24) is 5.32 Å². The van der Waals surface area contributed by atoms with Crippen LogP contribution in [0.3, 0.4) is 0 Å². The molecule has 0 spiro atoms. The molecule has 1 atom stereocenters. The molecule has 0 aliphatic carbocycles. The number of carbonyl (C=O) groups is 2. The van der Waals surface area contributed by atoms with E-state index in [1.165, 1.54) is 0 Å². The number of furan rings is 1. The van der Waals surface area contributed by atoms with Crippen molar-refractivity contribution in [3.63, 3.8) is 0 Å². The van der Waals surface area contributed by atoms with Crippen molar-refractivity contribution in [2.45, 2.75) is 32.2 Å². The van der Waals surface area contributed by atoms with Crippen LogP contribution in [0, 0.1) is 0 Å². The Hall–Kier alpha value is -2.30. The van der Waals surface area contributed by atoms with E-state index in [4.69, 9.17) is 9.52 Å². The smallest absolute Gasteiger partial charge is 0.326 e. The summed E-state index contributed by atoms with van der Waals surface area (Å²) in [6.07, 6.45) is 2.04. The molecule has 0 bridgehead atoms. The predicted molar refractivity (Wildman–Crippen MR) is 74.6 cm³/mol. The highest BCUT2D eigenvalue weighted by Gasteiger charge is 2.21. The summed E-state index contributed by atoms with van der Waals surface area (Å²) in [5.41, 5.74) is 0.609. The summed E-state index contributed by atoms with van der Waals surface area (Å²) in [5, 5.41) is 12.4. The van der Waals surface area contributed by atoms with E-state index in [9.17, 15) is 9.59 Å². The summed E-state index contributed by atoms with van der Waals surface area (Å²) in [7, 11) is 0. The van der Waals surface area contributed by atoms with Crippen molar-refractivity contribution in [3.05, 3.63) is 36.1 Å². The Morgan fingerprint density at radius 3 is 2.75 bits per heavy atom. The molecule has 1 amide bonds. The SMILES string of the molecule is CCCC[C@H](NC(=O)c1cc2ccccc2o1)C(=O)O. The zero-order chi connectivity index (χ0) is 14.5. The minimum Gasteiger partial charge on any atom is -0.480 e. The van der Waals surface area contributed by atoms with Crippen LogP contribution >= 0.6 is 0 Å². The fourth-order valence-corrected chi connectivity index (χ4v) is 1.99. The first-order valence-electron chi connectivity index (χ1n) is 6.64. The number of unbranched alkanes of at least 4 members (excludes halogenated alkanes) is 1. The Balaban J connectivity index is 2.11. The van der Waals surface area contributed by atoms with Crippen LogP contribution in [0.5, 0.6) is 0 Å². The van der Waals surface area contributed by atoms with E-state index in [0.29, 0.717) is 12.0 Å². The predicted octanol–water partition coefficient (Wildman–Crippen LogP) is 2.81. The maximum absolute atomic E-state index is 12.0. The van der Waals surface area contributed by atoms with E-state index in [1.807, 2.05) is 25.1 Å². The molecule has 0 unspecified atom stereocenters. The lowest BCUT2D eigenvalue weighted by Gasteiger charge is -2.12. The number of benzene rings is 1. The highest BCUT2D eigenvalue weighted by atomic mass is 16.4. The second kappa shape index (κ2) is 6.23. The minimum absolute atomic E-state index is 0.133. The van der Waals surface area contributed by atoms with Gasteiger partial charge in [0.15, 0.2) is 5.76 Å². The average Bonchev–Trinajstić information content (AvgIpc) is 2.86. The fraction of sp³-hybridized carbons (Fsp3) is 0.333. The van der Waals surface area contributed by atoms with Gasteiger partial charge >= 0.3 is 5.97 Å². The molecule has 0 aliphatic rings. The highest BCUT2D eigenvalue weighted by Crippen LogP contribution is 2.18. The van der Waals surface area contributed by atoms with Crippen LogP contribution in [0.15, 0.2) is 34.7 Å². The summed E-state index contributed by atoms with van der Waals surface area (Å²) < 4.78 is 5.41. The number of rotatable bonds is 6. The van der Waals surface area contributed by atoms with Crippen molar-refractivity contribution in [1.29, 1.82) is 0 Å². The van der Waals surface area contributed by atoms with Crippen molar-refractivity contribution in [2.75, 3.05) is 0 Å². The van der Waals surface area contributed by atoms with Crippen molar-refractivity contribution >= 4 is 22.8 Å². The maximum Gasteiger partial charge on any atom is 0.326 e. The zero-order valence-corrected chi connectivity index (χ0v) is 11.3. The van der Waals surface area contributed by atoms with Gasteiger partial charge in [-0.15, -0.1) is 0 Å². The number of carbonyl (C=O) groups excluding carboxylic acids is 1. The number of hydrogen-bond donors (Lipinski definition) is 2. The number of hydrogen-bond acceptors (Lipinski definition) is 3. The number of para-hydroxylation sites is 1. The average molecular weight is 275 g/mol. The monoisotopic (exact) mass is 275 g/mol. The number of carboxylic acids is 1. The van der Waals surface area contributed by atoms with Gasteiger partial charge in [0.1, 0.15) is 11.6 Å². The molecule has 0 saturated carbocycles. The molecule has 5 nitrogen and oxygen atoms in total. The zero-order valence-electron chi connectivity index (χ0n) is 11.3. The second-order valence-electron chi connectivity index (χ2n) is 4.65. The Labute approximate surface area is 116 Å². The lowest BCUT2D eigenvalue weighted by Crippen LogP contribution is -2.40. The molecule has 0 fully saturated rings. The number of amides is 1. The van der Waals surface area contributed by atoms with Crippen LogP contribution in [-0.2, 0) is 4.79 Å². The summed E-state index contributed by atoms with van der Waals surface area (Å²) in [5.74, 6) is -1.39. The third-order valence-electron chi connectivity index (χ3n) is 3.10. The van der Waals surface area contributed by atoms with Gasteiger partial charge in [0, 0.05) is 5.39 Å². The van der Waals surface area contributed by atoms with Gasteiger partial charge in [-0.3, -0.25) is 4.79 Å². The van der Waals surface area contributed by atoms with Gasteiger partial charge < -0.3 is 14.8 Å². The van der Waals surface area contributed by atoms with E-state index in [-0.39, 0.29) is 5.76 Å². The summed E-state index contributed by atoms with van der Waals surface area (Å²) >= 11 is 0. The van der Waals surface area contributed by atoms with Crippen LogP contribution in [0.25, 0.3) is 11.0 Å². The van der Waals surface area contributed by atoms with Gasteiger partial charge in [0.2, 0.25) is 0 Å². The number of nitrogens with one attached hydrogen (secondary N) is 1. The molecular formula is C15H17NO4. The van der Waals surface area contributed by atoms with Crippen LogP contribution in [0.2, 0.25) is 0 Å². The van der Waals surface area contributed by atoms with Crippen molar-refractivity contribution in [2.24, 2.45) is 0 Å². The normalized spacial score (nSPS) is 12.2. The van der Waals surface area contributed by atoms with Gasteiger partial charge in [0.25, 0.3) is 5.91 Å². The standard InChI is InChI=1S/C15H17NO4/c1-2-3-7-11(15(18)19)16-14(17)13-9-10-6-4-5-8-12(10)20-13/h4-6,8-9,11H,2-3,7H2,1H3,(H,16,17)(H,18,19)/t11-/m0/s1. The van der Waals surface area contributed by atoms with Gasteiger partial charge in [-0.1, -0.05) is 38.0 Å². The summed E-state index contributed by atoms with van der Waals surface area (Å²) in [6.45, 7) is 1.97. The largest absolute Gasteiger partial charge is 0.480 e. The Bertz CT molecular complexity index is 584. The third kappa shape index (κ3) is 3.17. The maximum atomic E-state index is 12.0. The molecule has 2 N–H and O–H groups in total. The molecule has 2 rings (SSSR count).